The molecule has 0 unspecified atom stereocenters. The predicted molar refractivity (Wildman–Crippen MR) is 151 cm³/mol. The van der Waals surface area contributed by atoms with Crippen LogP contribution in [0, 0.1) is 29.6 Å². The molecule has 37 heavy (non-hydrogen) atoms. The molecule has 2 bridgehead atoms. The molecule has 4 aliphatic rings. The van der Waals surface area contributed by atoms with Crippen LogP contribution in [0.15, 0.2) is 30.5 Å². The second kappa shape index (κ2) is 8.39. The number of aromatic nitrogens is 2. The van der Waals surface area contributed by atoms with Gasteiger partial charge in [-0.3, -0.25) is 4.79 Å². The number of benzene rings is 1. The summed E-state index contributed by atoms with van der Waals surface area (Å²) in [5, 5.41) is 9.19. The summed E-state index contributed by atoms with van der Waals surface area (Å²) in [6.07, 6.45) is 11.3. The van der Waals surface area contributed by atoms with E-state index >= 15 is 0 Å². The molecular weight excluding hydrogens is 478 g/mol. The molecular formula is C31H41N3O2S. The molecule has 1 spiro atoms. The molecule has 0 saturated heterocycles. The number of anilines is 1. The molecule has 1 heterocycles. The SMILES string of the molecule is CCOC(=O)[C@]1(C)CCC[C@@]2(C)[C@@H]3CC[C@@]4(C)C[C@]3(CC[C@@H]21)c1cn(C(=S)Nc2cccc(C)c2)nc14. The number of hydrogen-bond donors (Lipinski definition) is 1. The first-order valence-electron chi connectivity index (χ1n) is 14.2. The molecule has 0 amide bonds. The van der Waals surface area contributed by atoms with Gasteiger partial charge in [0.2, 0.25) is 0 Å². The minimum Gasteiger partial charge on any atom is -0.466 e. The van der Waals surface area contributed by atoms with Crippen LogP contribution >= 0.6 is 12.2 Å². The minimum atomic E-state index is -0.379. The fraction of sp³-hybridized carbons (Fsp3) is 0.645. The lowest BCUT2D eigenvalue weighted by Crippen LogP contribution is -2.60. The zero-order valence-corrected chi connectivity index (χ0v) is 23.8. The monoisotopic (exact) mass is 519 g/mol. The summed E-state index contributed by atoms with van der Waals surface area (Å²) < 4.78 is 7.58. The molecule has 198 valence electrons. The van der Waals surface area contributed by atoms with Gasteiger partial charge < -0.3 is 10.1 Å². The number of rotatable bonds is 3. The van der Waals surface area contributed by atoms with Crippen LogP contribution in [0.5, 0.6) is 0 Å². The maximum atomic E-state index is 13.3. The van der Waals surface area contributed by atoms with Crippen LogP contribution in [-0.2, 0) is 20.4 Å². The third kappa shape index (κ3) is 3.50. The van der Waals surface area contributed by atoms with Gasteiger partial charge in [0.1, 0.15) is 0 Å². The van der Waals surface area contributed by atoms with Crippen LogP contribution in [0.4, 0.5) is 5.69 Å². The number of carbonyl (C=O) groups excluding carboxylic acids is 1. The van der Waals surface area contributed by atoms with E-state index in [4.69, 9.17) is 22.1 Å². The van der Waals surface area contributed by atoms with Gasteiger partial charge in [-0.25, -0.2) is 4.68 Å². The van der Waals surface area contributed by atoms with Gasteiger partial charge in [-0.2, -0.15) is 5.10 Å². The Kier molecular flexibility index (Phi) is 5.69. The van der Waals surface area contributed by atoms with Crippen molar-refractivity contribution in [3.8, 4) is 0 Å². The van der Waals surface area contributed by atoms with E-state index in [1.54, 1.807) is 0 Å². The van der Waals surface area contributed by atoms with Crippen LogP contribution in [0.3, 0.4) is 0 Å². The maximum Gasteiger partial charge on any atom is 0.312 e. The van der Waals surface area contributed by atoms with Gasteiger partial charge in [-0.15, -0.1) is 0 Å². The van der Waals surface area contributed by atoms with E-state index < -0.39 is 0 Å². The van der Waals surface area contributed by atoms with Gasteiger partial charge in [0.05, 0.1) is 17.7 Å². The highest BCUT2D eigenvalue weighted by Crippen LogP contribution is 2.72. The number of fused-ring (bicyclic) bond motifs is 5. The Labute approximate surface area is 226 Å². The normalized spacial score (nSPS) is 37.8. The second-order valence-electron chi connectivity index (χ2n) is 13.2. The van der Waals surface area contributed by atoms with Gasteiger partial charge in [0.15, 0.2) is 5.11 Å². The molecule has 0 radical (unpaired) electrons. The van der Waals surface area contributed by atoms with Crippen molar-refractivity contribution in [3.05, 3.63) is 47.3 Å². The zero-order valence-electron chi connectivity index (χ0n) is 23.0. The van der Waals surface area contributed by atoms with E-state index in [0.29, 0.717) is 23.6 Å². The molecule has 0 aliphatic heterocycles. The van der Waals surface area contributed by atoms with Gasteiger partial charge in [-0.1, -0.05) is 32.4 Å². The van der Waals surface area contributed by atoms with Crippen LogP contribution in [0.25, 0.3) is 0 Å². The Morgan fingerprint density at radius 2 is 1.95 bits per heavy atom. The largest absolute Gasteiger partial charge is 0.466 e. The summed E-state index contributed by atoms with van der Waals surface area (Å²) in [5.41, 5.74) is 4.85. The number of thiocarbonyl (C=S) groups is 1. The summed E-state index contributed by atoms with van der Waals surface area (Å²) in [7, 11) is 0. The molecule has 6 atom stereocenters. The second-order valence-corrected chi connectivity index (χ2v) is 13.6. The first-order valence-corrected chi connectivity index (χ1v) is 14.6. The van der Waals surface area contributed by atoms with Crippen molar-refractivity contribution in [2.75, 3.05) is 11.9 Å². The van der Waals surface area contributed by atoms with E-state index in [1.807, 2.05) is 23.7 Å². The van der Waals surface area contributed by atoms with E-state index in [9.17, 15) is 4.79 Å². The number of aryl methyl sites for hydroxylation is 1. The number of carbonyl (C=O) groups is 1. The van der Waals surface area contributed by atoms with E-state index in [2.05, 4.69) is 51.3 Å². The smallest absolute Gasteiger partial charge is 0.312 e. The van der Waals surface area contributed by atoms with Crippen molar-refractivity contribution in [1.29, 1.82) is 0 Å². The average molecular weight is 520 g/mol. The molecule has 3 fully saturated rings. The predicted octanol–water partition coefficient (Wildman–Crippen LogP) is 6.92. The standard InChI is InChI=1S/C31H41N3O2S/c1-6-36-26(35)30(5)14-8-13-29(4)23(30)12-16-31-19-28(3,15-11-24(29)31)25-22(31)18-34(33-25)27(37)32-21-10-7-9-20(2)17-21/h7,9-10,17-18,23-24H,6,8,11-16,19H2,1-5H3,(H,32,37)/t23-,24-,28-,29+,30+,31+/m0/s1. The third-order valence-electron chi connectivity index (χ3n) is 11.1. The Balaban J connectivity index is 1.36. The van der Waals surface area contributed by atoms with Crippen molar-refractivity contribution in [2.45, 2.75) is 96.8 Å². The summed E-state index contributed by atoms with van der Waals surface area (Å²) in [5.74, 6) is 0.948. The Morgan fingerprint density at radius 3 is 2.70 bits per heavy atom. The molecule has 2 aromatic rings. The highest BCUT2D eigenvalue weighted by molar-refractivity contribution is 7.80. The lowest BCUT2D eigenvalue weighted by Gasteiger charge is -2.64. The van der Waals surface area contributed by atoms with Crippen molar-refractivity contribution in [1.82, 2.24) is 9.78 Å². The average Bonchev–Trinajstić information content (AvgIpc) is 3.37. The van der Waals surface area contributed by atoms with E-state index in [-0.39, 0.29) is 27.6 Å². The molecule has 1 aromatic heterocycles. The van der Waals surface area contributed by atoms with Crippen molar-refractivity contribution >= 4 is 29.0 Å². The van der Waals surface area contributed by atoms with Crippen molar-refractivity contribution < 1.29 is 9.53 Å². The lowest BCUT2D eigenvalue weighted by molar-refractivity contribution is -0.180. The summed E-state index contributed by atoms with van der Waals surface area (Å²) >= 11 is 5.84. The molecule has 1 aromatic carbocycles. The van der Waals surface area contributed by atoms with Gasteiger partial charge >= 0.3 is 5.97 Å². The molecule has 6 heteroatoms. The van der Waals surface area contributed by atoms with Crippen LogP contribution in [0.1, 0.15) is 95.9 Å². The van der Waals surface area contributed by atoms with E-state index in [1.165, 1.54) is 36.1 Å². The minimum absolute atomic E-state index is 0.0232. The van der Waals surface area contributed by atoms with Crippen molar-refractivity contribution in [3.63, 3.8) is 0 Å². The van der Waals surface area contributed by atoms with Gasteiger partial charge in [0, 0.05) is 28.3 Å². The first-order chi connectivity index (χ1) is 17.6. The van der Waals surface area contributed by atoms with Crippen LogP contribution in [-0.4, -0.2) is 27.5 Å². The summed E-state index contributed by atoms with van der Waals surface area (Å²) in [6.45, 7) is 11.6. The summed E-state index contributed by atoms with van der Waals surface area (Å²) in [6, 6.07) is 8.30. The molecule has 6 rings (SSSR count). The fourth-order valence-corrected chi connectivity index (χ4v) is 9.81. The number of hydrogen-bond acceptors (Lipinski definition) is 4. The van der Waals surface area contributed by atoms with Gasteiger partial charge in [-0.05, 0) is 113 Å². The highest BCUT2D eigenvalue weighted by Gasteiger charge is 2.68. The third-order valence-corrected chi connectivity index (χ3v) is 11.3. The molecule has 3 saturated carbocycles. The Bertz CT molecular complexity index is 1270. The lowest BCUT2D eigenvalue weighted by atomic mass is 9.40. The zero-order chi connectivity index (χ0) is 26.2. The molecule has 4 aliphatic carbocycles. The fourth-order valence-electron chi connectivity index (χ4n) is 9.60. The molecule has 5 nitrogen and oxygen atoms in total. The van der Waals surface area contributed by atoms with Crippen LogP contribution < -0.4 is 5.32 Å². The first kappa shape index (κ1) is 25.1. The van der Waals surface area contributed by atoms with Gasteiger partial charge in [0.25, 0.3) is 0 Å². The topological polar surface area (TPSA) is 56.1 Å². The Morgan fingerprint density at radius 1 is 1.16 bits per heavy atom. The molecule has 1 N–H and O–H groups in total. The number of esters is 1. The quantitative estimate of drug-likeness (QED) is 0.352. The number of nitrogens with one attached hydrogen (secondary N) is 1. The van der Waals surface area contributed by atoms with Crippen molar-refractivity contribution in [2.24, 2.45) is 22.7 Å². The van der Waals surface area contributed by atoms with E-state index in [0.717, 1.165) is 37.8 Å². The number of nitrogens with zero attached hydrogens (tertiary/aromatic N) is 2. The summed E-state index contributed by atoms with van der Waals surface area (Å²) in [4.78, 5) is 13.3. The Hall–Kier alpha value is -2.21. The number of ether oxygens (including phenoxy) is 1. The maximum absolute atomic E-state index is 13.3. The van der Waals surface area contributed by atoms with Crippen LogP contribution in [0.2, 0.25) is 0 Å². The highest BCUT2D eigenvalue weighted by atomic mass is 32.1.